The minimum atomic E-state index is -2.60. The molecule has 9 nitrogen and oxygen atoms in total. The summed E-state index contributed by atoms with van der Waals surface area (Å²) >= 11 is 5.06. The molecule has 0 amide bonds. The molecular formula is C124H110Ir3N6O3S3-6. The molecular weight excluding hydrogens is 2290 g/mol. The summed E-state index contributed by atoms with van der Waals surface area (Å²) in [5.41, 5.74) is 11.0. The molecule has 0 aliphatic heterocycles. The molecule has 0 spiro atoms. The third-order valence-electron chi connectivity index (χ3n) is 22.4. The van der Waals surface area contributed by atoms with E-state index in [0.717, 1.165) is 129 Å². The van der Waals surface area contributed by atoms with Crippen LogP contribution in [-0.4, -0.2) is 29.9 Å². The van der Waals surface area contributed by atoms with Gasteiger partial charge < -0.3 is 43.2 Å². The number of hydrogen-bond donors (Lipinski definition) is 0. The zero-order valence-electron chi connectivity index (χ0n) is 107. The van der Waals surface area contributed by atoms with Gasteiger partial charge in [0.25, 0.3) is 0 Å². The number of aromatic nitrogens is 6. The summed E-state index contributed by atoms with van der Waals surface area (Å²) in [6.07, 6.45) is 1.87. The number of hydrogen-bond acceptors (Lipinski definition) is 12. The van der Waals surface area contributed by atoms with E-state index in [1.54, 1.807) is 102 Å². The molecule has 12 aromatic heterocycles. The Bertz CT molecular complexity index is 9570. The van der Waals surface area contributed by atoms with Crippen LogP contribution < -0.4 is 0 Å². The van der Waals surface area contributed by atoms with Crippen LogP contribution in [0, 0.1) is 113 Å². The zero-order chi connectivity index (χ0) is 120. The first-order valence-electron chi connectivity index (χ1n) is 58.7. The van der Waals surface area contributed by atoms with E-state index in [1.165, 1.54) is 59.0 Å². The van der Waals surface area contributed by atoms with Crippen LogP contribution in [0.1, 0.15) is 190 Å². The fourth-order valence-electron chi connectivity index (χ4n) is 16.5. The van der Waals surface area contributed by atoms with Crippen molar-refractivity contribution in [1.29, 1.82) is 0 Å². The van der Waals surface area contributed by atoms with Gasteiger partial charge in [-0.3, -0.25) is 0 Å². The molecule has 0 bridgehead atoms. The number of fused-ring (bicyclic) bond motifs is 6. The van der Waals surface area contributed by atoms with Crippen LogP contribution in [0.15, 0.2) is 269 Å². The standard InChI is InChI=1S/C26H20NOS.2C23H14NOS.C21H28N.C17H20N.C14H14N.3Ir/c1-26(2,3)14-15-10-11-27-19(12-15)18-8-9-20-22-23-21(29-20)13-16-6-4-5-7-17(16)24(23)28-25(18)22;2*1-12-9-17(24-11-13(12)2)16-7-8-18-20-21-19(26-18)10-14-5-3-4-6-15(14)22(21)25-23(16)20;1-20(2,3)13-17-12-19(16-10-8-7-9-11-16)22-15-18(17)14-21(4,5)6;1-13-5-8-15(9-6-13)16-10-7-14(12-18-16)11-17(2,3)4;1-10-4-6-13(7-5-10)14-8-11(2)12(3)9-15-14;;;/h4-7,9-13H,14H2,1-3H3;2*3-6,8-11H,1-2H3;7-10,12,15H,13-14H2,1-6H3;5-8,10,12H,11H2,1-4H3;4-6,8-9H,1-3H3;;;/q6*-1;;;/i14D2;2*1D3,2D3;13D2,14D2;1D3,11D2;1D3,3D3;;;. The molecule has 3 radical (unpaired) electrons. The average Bonchev–Trinajstić information content (AvgIpc) is 1.52. The number of rotatable bonds is 10. The van der Waals surface area contributed by atoms with Crippen LogP contribution in [0.3, 0.4) is 0 Å². The Morgan fingerprint density at radius 3 is 1.09 bits per heavy atom. The molecule has 0 atom stereocenters. The number of pyridine rings is 6. The van der Waals surface area contributed by atoms with E-state index in [1.807, 2.05) is 186 Å². The number of furan rings is 3. The van der Waals surface area contributed by atoms with Crippen molar-refractivity contribution in [3.8, 4) is 67.5 Å². The molecule has 0 fully saturated rings. The summed E-state index contributed by atoms with van der Waals surface area (Å²) in [6.45, 7) is 7.12. The van der Waals surface area contributed by atoms with E-state index in [4.69, 9.17) is 53.0 Å². The molecule has 24 aromatic rings. The predicted octanol–water partition coefficient (Wildman–Crippen LogP) is 35.2. The maximum absolute atomic E-state index is 8.77. The van der Waals surface area contributed by atoms with Crippen LogP contribution in [0.2, 0.25) is 0 Å². The number of nitrogens with zero attached hydrogens (tertiary/aromatic N) is 6. The van der Waals surface area contributed by atoms with Gasteiger partial charge in [0, 0.05) is 184 Å². The van der Waals surface area contributed by atoms with Gasteiger partial charge in [-0.15, -0.1) is 143 Å². The number of aryl methyl sites for hydroxylation is 8. The smallest absolute Gasteiger partial charge is 0.130 e. The van der Waals surface area contributed by atoms with Gasteiger partial charge in [-0.2, -0.15) is 34.0 Å². The van der Waals surface area contributed by atoms with E-state index >= 15 is 0 Å². The predicted molar refractivity (Wildman–Crippen MR) is 576 cm³/mol. The maximum Gasteiger partial charge on any atom is 0.130 e. The molecule has 15 heteroatoms. The summed E-state index contributed by atoms with van der Waals surface area (Å²) < 4.78 is 254. The minimum Gasteiger partial charge on any atom is -0.500 e. The second-order valence-corrected chi connectivity index (χ2v) is 40.8. The van der Waals surface area contributed by atoms with Gasteiger partial charge in [0.05, 0.1) is 16.7 Å². The summed E-state index contributed by atoms with van der Waals surface area (Å²) in [7, 11) is 0. The summed E-state index contributed by atoms with van der Waals surface area (Å²) in [5.74, 6) is 0. The third kappa shape index (κ3) is 21.6. The van der Waals surface area contributed by atoms with Crippen LogP contribution in [0.5, 0.6) is 0 Å². The van der Waals surface area contributed by atoms with Gasteiger partial charge in [0.1, 0.15) is 16.7 Å². The SMILES string of the molecule is [2H]C([2H])([2H])c1c[c-]c(-c2cc(C)c(C([2H])([2H])[2H])cn2)cc1.[2H]C([2H])([2H])c1c[c-]c(-c2ccc(C([2H])([2H])C(C)(C)C)cn2)cc1.[2H]C([2H])([2H])c1cnc(-c2[c-]cc3sc4cc5ccccc5c5oc2c3c45)cc1C([2H])([2H])[2H].[2H]C([2H])([2H])c1cnc(-c2[c-]cc3sc4cc5ccccc5c5oc2c3c45)cc1C([2H])([2H])[2H].[2H]C([2H])(c1ccnc(-c2[c-]cc3sc4cc5ccccc5c5oc2c3c45)c1)C(C)(C)C.[2H]C([2H])(c1cnc(-c2[c-]cccc2)cc1C([2H])([2H])C(C)(C)C)C(C)(C)C.[Ir].[Ir].[Ir]. The molecule has 0 unspecified atom stereocenters. The van der Waals surface area contributed by atoms with Crippen molar-refractivity contribution in [2.24, 2.45) is 21.7 Å². The average molecular weight is 2430 g/mol. The van der Waals surface area contributed by atoms with Crippen LogP contribution >= 0.6 is 34.0 Å². The first-order chi connectivity index (χ1) is 76.7. The molecule has 0 saturated heterocycles. The number of benzene rings is 12. The molecule has 24 rings (SSSR count). The van der Waals surface area contributed by atoms with Crippen LogP contribution in [-0.2, 0) is 85.8 Å². The van der Waals surface area contributed by atoms with Gasteiger partial charge in [-0.05, 0) is 227 Å². The Labute approximate surface area is 908 Å². The van der Waals surface area contributed by atoms with Gasteiger partial charge >= 0.3 is 0 Å². The topological polar surface area (TPSA) is 117 Å². The second kappa shape index (κ2) is 40.9. The molecule has 0 aliphatic carbocycles. The second-order valence-electron chi connectivity index (χ2n) is 37.6. The van der Waals surface area contributed by atoms with Gasteiger partial charge in [-0.25, -0.2) is 0 Å². The van der Waals surface area contributed by atoms with E-state index < -0.39 is 95.1 Å². The van der Waals surface area contributed by atoms with E-state index in [-0.39, 0.29) is 99.3 Å². The normalized spacial score (nSPS) is 16.0. The zero-order valence-corrected chi connectivity index (χ0v) is 87.5. The van der Waals surface area contributed by atoms with Gasteiger partial charge in [0.2, 0.25) is 0 Å². The van der Waals surface area contributed by atoms with Crippen molar-refractivity contribution in [2.75, 3.05) is 0 Å². The quantitative estimate of drug-likeness (QED) is 0.123. The summed E-state index contributed by atoms with van der Waals surface area (Å²) in [6, 6.07) is 84.9. The molecule has 139 heavy (non-hydrogen) atoms. The molecule has 0 aliphatic rings. The summed E-state index contributed by atoms with van der Waals surface area (Å²) in [5, 5.41) is 12.7. The largest absolute Gasteiger partial charge is 0.500 e. The Hall–Kier alpha value is -11.7. The first-order valence-corrected chi connectivity index (χ1v) is 46.7. The summed E-state index contributed by atoms with van der Waals surface area (Å²) in [4.78, 5) is 26.1. The minimum absolute atomic E-state index is 0. The van der Waals surface area contributed by atoms with E-state index in [0.29, 0.717) is 95.4 Å². The van der Waals surface area contributed by atoms with E-state index in [2.05, 4.69) is 96.6 Å². The van der Waals surface area contributed by atoms with Crippen LogP contribution in [0.4, 0.5) is 0 Å². The number of thiophene rings is 3. The molecule has 0 saturated carbocycles. The fourth-order valence-corrected chi connectivity index (χ4v) is 19.9. The molecule has 0 N–H and O–H groups in total. The Kier molecular flexibility index (Phi) is 20.4. The molecule has 12 aromatic carbocycles. The van der Waals surface area contributed by atoms with Gasteiger partial charge in [-0.1, -0.05) is 251 Å². The maximum atomic E-state index is 8.77. The van der Waals surface area contributed by atoms with Crippen LogP contribution in [0.25, 0.3) is 194 Å². The Balaban J connectivity index is 0.000000141. The van der Waals surface area contributed by atoms with Crippen molar-refractivity contribution in [2.45, 2.75) is 163 Å². The van der Waals surface area contributed by atoms with Crippen molar-refractivity contribution in [1.82, 2.24) is 29.9 Å². The van der Waals surface area contributed by atoms with Crippen molar-refractivity contribution in [3.63, 3.8) is 0 Å². The first kappa shape index (κ1) is 69.2. The Morgan fingerprint density at radius 2 is 0.676 bits per heavy atom. The van der Waals surface area contributed by atoms with Gasteiger partial charge in [0.15, 0.2) is 0 Å². The molecule has 12 heterocycles. The van der Waals surface area contributed by atoms with E-state index in [9.17, 15) is 0 Å². The fraction of sp³-hybridized carbons (Fsp3) is 0.226. The van der Waals surface area contributed by atoms with Crippen molar-refractivity contribution in [3.05, 3.63) is 359 Å². The van der Waals surface area contributed by atoms with Crippen molar-refractivity contribution >= 4 is 160 Å². The third-order valence-corrected chi connectivity index (χ3v) is 25.6. The molecule has 705 valence electrons. The monoisotopic (exact) mass is 2430 g/mol. The van der Waals surface area contributed by atoms with Crippen molar-refractivity contribution < 1.29 is 113 Å². The Morgan fingerprint density at radius 1 is 0.295 bits per heavy atom.